The van der Waals surface area contributed by atoms with Crippen molar-refractivity contribution in [1.82, 2.24) is 0 Å². The summed E-state index contributed by atoms with van der Waals surface area (Å²) in [4.78, 5) is 11.6. The van der Waals surface area contributed by atoms with Crippen molar-refractivity contribution in [2.24, 2.45) is 17.6 Å². The highest BCUT2D eigenvalue weighted by Gasteiger charge is 2.21. The first-order chi connectivity index (χ1) is 7.63. The van der Waals surface area contributed by atoms with Crippen LogP contribution in [0.4, 0.5) is 0 Å². The summed E-state index contributed by atoms with van der Waals surface area (Å²) in [6, 6.07) is 0. The van der Waals surface area contributed by atoms with Gasteiger partial charge in [0.25, 0.3) is 0 Å². The molecule has 0 heterocycles. The molecule has 0 spiro atoms. The van der Waals surface area contributed by atoms with Crippen molar-refractivity contribution in [3.05, 3.63) is 0 Å². The molecular weight excluding hydrogens is 202 g/mol. The third kappa shape index (κ3) is 6.83. The van der Waals surface area contributed by atoms with E-state index >= 15 is 0 Å². The molecule has 0 aliphatic rings. The minimum atomic E-state index is -0.143. The Morgan fingerprint density at radius 3 is 2.31 bits per heavy atom. The zero-order valence-electron chi connectivity index (χ0n) is 11.0. The Bertz CT molecular complexity index is 181. The summed E-state index contributed by atoms with van der Waals surface area (Å²) in [6.45, 7) is 7.12. The number of rotatable bonds is 9. The fourth-order valence-electron chi connectivity index (χ4n) is 1.63. The van der Waals surface area contributed by atoms with E-state index in [1.807, 2.05) is 13.8 Å². The van der Waals surface area contributed by atoms with Crippen LogP contribution in [0.5, 0.6) is 0 Å². The summed E-state index contributed by atoms with van der Waals surface area (Å²) in [5.74, 6) is -0.0128. The summed E-state index contributed by atoms with van der Waals surface area (Å²) in [7, 11) is 0. The van der Waals surface area contributed by atoms with Crippen LogP contribution in [0.15, 0.2) is 0 Å². The fraction of sp³-hybridized carbons (Fsp3) is 0.923. The molecule has 0 aromatic carbocycles. The molecule has 1 unspecified atom stereocenters. The second-order valence-electron chi connectivity index (χ2n) is 4.67. The largest absolute Gasteiger partial charge is 0.465 e. The van der Waals surface area contributed by atoms with Gasteiger partial charge in [0.1, 0.15) is 0 Å². The molecule has 0 amide bonds. The van der Waals surface area contributed by atoms with Crippen molar-refractivity contribution in [1.29, 1.82) is 0 Å². The number of unbranched alkanes of at least 4 members (excludes halogenated alkanes) is 4. The first kappa shape index (κ1) is 15.4. The van der Waals surface area contributed by atoms with E-state index < -0.39 is 0 Å². The van der Waals surface area contributed by atoms with Gasteiger partial charge < -0.3 is 10.5 Å². The normalized spacial score (nSPS) is 12.8. The van der Waals surface area contributed by atoms with Crippen molar-refractivity contribution < 1.29 is 9.53 Å². The van der Waals surface area contributed by atoms with E-state index in [9.17, 15) is 4.79 Å². The second-order valence-corrected chi connectivity index (χ2v) is 4.67. The zero-order valence-corrected chi connectivity index (χ0v) is 11.0. The average Bonchev–Trinajstić information content (AvgIpc) is 2.23. The first-order valence-electron chi connectivity index (χ1n) is 6.50. The Labute approximate surface area is 99.7 Å². The van der Waals surface area contributed by atoms with Gasteiger partial charge in [-0.25, -0.2) is 0 Å². The molecule has 16 heavy (non-hydrogen) atoms. The van der Waals surface area contributed by atoms with E-state index in [0.29, 0.717) is 13.2 Å². The highest BCUT2D eigenvalue weighted by molar-refractivity contribution is 5.72. The van der Waals surface area contributed by atoms with Crippen molar-refractivity contribution in [3.8, 4) is 0 Å². The molecule has 0 rings (SSSR count). The lowest BCUT2D eigenvalue weighted by molar-refractivity contribution is -0.149. The monoisotopic (exact) mass is 229 g/mol. The van der Waals surface area contributed by atoms with Crippen LogP contribution in [-0.2, 0) is 9.53 Å². The molecule has 0 aliphatic carbocycles. The third-order valence-corrected chi connectivity index (χ3v) is 2.85. The average molecular weight is 229 g/mol. The molecule has 3 nitrogen and oxygen atoms in total. The summed E-state index contributed by atoms with van der Waals surface area (Å²) in [5.41, 5.74) is 5.54. The summed E-state index contributed by atoms with van der Waals surface area (Å²) in [5, 5.41) is 0. The Kier molecular flexibility index (Phi) is 9.30. The van der Waals surface area contributed by atoms with Crippen LogP contribution in [0, 0.1) is 11.8 Å². The maximum atomic E-state index is 11.6. The molecule has 2 N–H and O–H groups in total. The van der Waals surface area contributed by atoms with Crippen LogP contribution in [0.25, 0.3) is 0 Å². The van der Waals surface area contributed by atoms with Gasteiger partial charge in [0.05, 0.1) is 12.5 Å². The quantitative estimate of drug-likeness (QED) is 0.488. The van der Waals surface area contributed by atoms with Gasteiger partial charge in [0, 0.05) is 6.54 Å². The molecule has 0 aromatic heterocycles. The Morgan fingerprint density at radius 1 is 1.19 bits per heavy atom. The number of hydrogen-bond acceptors (Lipinski definition) is 3. The Hall–Kier alpha value is -0.570. The van der Waals surface area contributed by atoms with E-state index in [4.69, 9.17) is 10.5 Å². The topological polar surface area (TPSA) is 52.3 Å². The van der Waals surface area contributed by atoms with E-state index in [1.165, 1.54) is 19.3 Å². The molecule has 0 fully saturated rings. The van der Waals surface area contributed by atoms with Crippen LogP contribution in [0.2, 0.25) is 0 Å². The lowest BCUT2D eigenvalue weighted by Gasteiger charge is -2.17. The van der Waals surface area contributed by atoms with Gasteiger partial charge in [-0.1, -0.05) is 46.5 Å². The van der Waals surface area contributed by atoms with E-state index in [1.54, 1.807) is 0 Å². The lowest BCUT2D eigenvalue weighted by atomic mass is 9.96. The maximum Gasteiger partial charge on any atom is 0.310 e. The van der Waals surface area contributed by atoms with Gasteiger partial charge in [0.15, 0.2) is 0 Å². The van der Waals surface area contributed by atoms with Crippen molar-refractivity contribution in [2.75, 3.05) is 13.2 Å². The summed E-state index contributed by atoms with van der Waals surface area (Å²) < 4.78 is 5.22. The predicted molar refractivity (Wildman–Crippen MR) is 67.1 cm³/mol. The molecule has 0 aliphatic heterocycles. The number of hydrogen-bond donors (Lipinski definition) is 1. The molecule has 0 aromatic rings. The smallest absolute Gasteiger partial charge is 0.310 e. The van der Waals surface area contributed by atoms with Crippen LogP contribution in [-0.4, -0.2) is 19.1 Å². The lowest BCUT2D eigenvalue weighted by Crippen LogP contribution is -2.30. The number of ether oxygens (including phenoxy) is 1. The van der Waals surface area contributed by atoms with Crippen LogP contribution < -0.4 is 5.73 Å². The van der Waals surface area contributed by atoms with Gasteiger partial charge in [-0.2, -0.15) is 0 Å². The van der Waals surface area contributed by atoms with E-state index in [-0.39, 0.29) is 17.8 Å². The molecule has 0 saturated carbocycles. The molecule has 0 bridgehead atoms. The van der Waals surface area contributed by atoms with Gasteiger partial charge >= 0.3 is 5.97 Å². The summed E-state index contributed by atoms with van der Waals surface area (Å²) >= 11 is 0. The standard InChI is InChI=1S/C13H27NO2/c1-4-5-6-7-8-9-16-13(15)12(10-14)11(2)3/h11-12H,4-10,14H2,1-3H3. The van der Waals surface area contributed by atoms with Crippen molar-refractivity contribution in [3.63, 3.8) is 0 Å². The molecule has 0 radical (unpaired) electrons. The van der Waals surface area contributed by atoms with Crippen molar-refractivity contribution >= 4 is 5.97 Å². The van der Waals surface area contributed by atoms with Crippen LogP contribution >= 0.6 is 0 Å². The minimum absolute atomic E-state index is 0.131. The second kappa shape index (κ2) is 9.64. The number of esters is 1. The Morgan fingerprint density at radius 2 is 1.81 bits per heavy atom. The molecule has 0 saturated heterocycles. The molecular formula is C13H27NO2. The van der Waals surface area contributed by atoms with Crippen molar-refractivity contribution in [2.45, 2.75) is 52.9 Å². The minimum Gasteiger partial charge on any atom is -0.465 e. The van der Waals surface area contributed by atoms with Gasteiger partial charge in [-0.3, -0.25) is 4.79 Å². The molecule has 96 valence electrons. The highest BCUT2D eigenvalue weighted by Crippen LogP contribution is 2.11. The predicted octanol–water partition coefficient (Wildman–Crippen LogP) is 2.73. The Balaban J connectivity index is 3.56. The molecule has 3 heteroatoms. The SMILES string of the molecule is CCCCCCCOC(=O)C(CN)C(C)C. The summed E-state index contributed by atoms with van der Waals surface area (Å²) in [6.07, 6.45) is 5.86. The fourth-order valence-corrected chi connectivity index (χ4v) is 1.63. The number of nitrogens with two attached hydrogens (primary N) is 1. The van der Waals surface area contributed by atoms with Gasteiger partial charge in [-0.05, 0) is 12.3 Å². The molecule has 1 atom stereocenters. The number of carbonyl (C=O) groups excluding carboxylic acids is 1. The highest BCUT2D eigenvalue weighted by atomic mass is 16.5. The van der Waals surface area contributed by atoms with Crippen LogP contribution in [0.1, 0.15) is 52.9 Å². The first-order valence-corrected chi connectivity index (χ1v) is 6.50. The van der Waals surface area contributed by atoms with Gasteiger partial charge in [-0.15, -0.1) is 0 Å². The third-order valence-electron chi connectivity index (χ3n) is 2.85. The number of carbonyl (C=O) groups is 1. The van der Waals surface area contributed by atoms with Gasteiger partial charge in [0.2, 0.25) is 0 Å². The van der Waals surface area contributed by atoms with Crippen LogP contribution in [0.3, 0.4) is 0 Å². The van der Waals surface area contributed by atoms with E-state index in [0.717, 1.165) is 12.8 Å². The maximum absolute atomic E-state index is 11.6. The zero-order chi connectivity index (χ0) is 12.4. The van der Waals surface area contributed by atoms with E-state index in [2.05, 4.69) is 6.92 Å².